The minimum atomic E-state index is -0.0353. The molecule has 2 rings (SSSR count). The molecule has 0 aliphatic rings. The zero-order chi connectivity index (χ0) is 17.9. The number of methoxy groups -OCH3 is 1. The van der Waals surface area contributed by atoms with Crippen LogP contribution in [0.25, 0.3) is 6.08 Å². The molecule has 2 heteroatoms. The third-order valence-corrected chi connectivity index (χ3v) is 4.04. The first kappa shape index (κ1) is 18.7. The molecule has 25 heavy (non-hydrogen) atoms. The van der Waals surface area contributed by atoms with E-state index in [0.717, 1.165) is 18.4 Å². The van der Waals surface area contributed by atoms with Crippen LogP contribution in [0.2, 0.25) is 0 Å². The second kappa shape index (κ2) is 10.3. The van der Waals surface area contributed by atoms with Gasteiger partial charge in [0.15, 0.2) is 5.78 Å². The first-order valence-corrected chi connectivity index (χ1v) is 8.85. The smallest absolute Gasteiger partial charge is 0.189 e. The predicted molar refractivity (Wildman–Crippen MR) is 105 cm³/mol. The van der Waals surface area contributed by atoms with Crippen molar-refractivity contribution in [3.05, 3.63) is 83.4 Å². The van der Waals surface area contributed by atoms with Crippen molar-refractivity contribution in [3.63, 3.8) is 0 Å². The molecule has 0 bridgehead atoms. The fourth-order valence-electron chi connectivity index (χ4n) is 2.67. The van der Waals surface area contributed by atoms with Crippen molar-refractivity contribution < 1.29 is 9.53 Å². The molecule has 0 amide bonds. The Labute approximate surface area is 150 Å². The van der Waals surface area contributed by atoms with Gasteiger partial charge in [-0.15, -0.1) is 0 Å². The highest BCUT2D eigenvalue weighted by Gasteiger charge is 2.08. The van der Waals surface area contributed by atoms with E-state index in [-0.39, 0.29) is 5.78 Å². The van der Waals surface area contributed by atoms with Crippen molar-refractivity contribution in [2.75, 3.05) is 7.11 Å². The number of allylic oxidation sites excluding steroid dienone is 3. The summed E-state index contributed by atoms with van der Waals surface area (Å²) >= 11 is 0. The van der Waals surface area contributed by atoms with Gasteiger partial charge in [0.2, 0.25) is 0 Å². The third kappa shape index (κ3) is 6.07. The zero-order valence-corrected chi connectivity index (χ0v) is 15.1. The van der Waals surface area contributed by atoms with E-state index in [2.05, 4.69) is 25.1 Å². The number of unbranched alkanes of at least 4 members (excludes halogenated alkanes) is 2. The lowest BCUT2D eigenvalue weighted by Gasteiger charge is -2.05. The Kier molecular flexibility index (Phi) is 7.71. The van der Waals surface area contributed by atoms with Gasteiger partial charge in [0.25, 0.3) is 0 Å². The number of hydrogen-bond donors (Lipinski definition) is 0. The Morgan fingerprint density at radius 2 is 1.68 bits per heavy atom. The van der Waals surface area contributed by atoms with Crippen LogP contribution in [0, 0.1) is 0 Å². The summed E-state index contributed by atoms with van der Waals surface area (Å²) in [6.45, 7) is 2.20. The molecule has 0 saturated carbocycles. The molecule has 2 aromatic carbocycles. The molecule has 2 nitrogen and oxygen atoms in total. The van der Waals surface area contributed by atoms with E-state index < -0.39 is 0 Å². The maximum Gasteiger partial charge on any atom is 0.189 e. The van der Waals surface area contributed by atoms with Gasteiger partial charge in [-0.25, -0.2) is 0 Å². The minimum Gasteiger partial charge on any atom is -0.496 e. The van der Waals surface area contributed by atoms with E-state index in [9.17, 15) is 4.79 Å². The monoisotopic (exact) mass is 334 g/mol. The van der Waals surface area contributed by atoms with Crippen LogP contribution >= 0.6 is 0 Å². The molecule has 0 fully saturated rings. The molecule has 0 spiro atoms. The maximum atomic E-state index is 12.5. The van der Waals surface area contributed by atoms with Crippen LogP contribution in [0.3, 0.4) is 0 Å². The van der Waals surface area contributed by atoms with Gasteiger partial charge in [0.1, 0.15) is 5.75 Å². The van der Waals surface area contributed by atoms with Crippen LogP contribution in [0.5, 0.6) is 5.75 Å². The van der Waals surface area contributed by atoms with Gasteiger partial charge in [-0.05, 0) is 42.2 Å². The van der Waals surface area contributed by atoms with Gasteiger partial charge >= 0.3 is 0 Å². The number of para-hydroxylation sites is 1. The van der Waals surface area contributed by atoms with Crippen molar-refractivity contribution in [1.29, 1.82) is 0 Å². The molecule has 2 aromatic rings. The highest BCUT2D eigenvalue weighted by Crippen LogP contribution is 2.20. The summed E-state index contributed by atoms with van der Waals surface area (Å²) in [5, 5.41) is 0. The van der Waals surface area contributed by atoms with Crippen molar-refractivity contribution in [2.24, 2.45) is 0 Å². The van der Waals surface area contributed by atoms with E-state index in [1.807, 2.05) is 42.5 Å². The third-order valence-electron chi connectivity index (χ3n) is 4.04. The fraction of sp³-hybridized carbons (Fsp3) is 0.261. The SMILES string of the molecule is CCCCCC(=C/c1ccccc1)/C=C/C(=O)c1ccccc1OC. The standard InChI is InChI=1S/C23H26O2/c1-3-4-6-11-20(18-19-12-7-5-8-13-19)16-17-22(24)21-14-9-10-15-23(21)25-2/h5,7-10,12-18H,3-4,6,11H2,1-2H3/b17-16+,20-18-. The molecule has 130 valence electrons. The lowest BCUT2D eigenvalue weighted by atomic mass is 10.0. The average Bonchev–Trinajstić information content (AvgIpc) is 2.66. The number of hydrogen-bond acceptors (Lipinski definition) is 2. The summed E-state index contributed by atoms with van der Waals surface area (Å²) < 4.78 is 5.28. The number of ether oxygens (including phenoxy) is 1. The summed E-state index contributed by atoms with van der Waals surface area (Å²) in [6.07, 6.45) is 10.2. The molecule has 0 saturated heterocycles. The molecule has 0 aromatic heterocycles. The normalized spacial score (nSPS) is 11.7. The van der Waals surface area contributed by atoms with Gasteiger partial charge in [-0.3, -0.25) is 4.79 Å². The second-order valence-corrected chi connectivity index (χ2v) is 5.98. The van der Waals surface area contributed by atoms with Gasteiger partial charge in [0, 0.05) is 0 Å². The van der Waals surface area contributed by atoms with Crippen LogP contribution < -0.4 is 4.74 Å². The number of benzene rings is 2. The Hall–Kier alpha value is -2.61. The van der Waals surface area contributed by atoms with E-state index in [4.69, 9.17) is 4.74 Å². The molecule has 0 heterocycles. The lowest BCUT2D eigenvalue weighted by Crippen LogP contribution is -1.98. The van der Waals surface area contributed by atoms with Crippen LogP contribution in [0.1, 0.15) is 48.5 Å². The van der Waals surface area contributed by atoms with Crippen LogP contribution in [0.15, 0.2) is 72.3 Å². The quantitative estimate of drug-likeness (QED) is 0.240. The fourth-order valence-corrected chi connectivity index (χ4v) is 2.67. The summed E-state index contributed by atoms with van der Waals surface area (Å²) in [7, 11) is 1.58. The Bertz CT molecular complexity index is 727. The Morgan fingerprint density at radius 1 is 0.960 bits per heavy atom. The summed E-state index contributed by atoms with van der Waals surface area (Å²) in [5.74, 6) is 0.573. The highest BCUT2D eigenvalue weighted by molar-refractivity contribution is 6.06. The molecule has 0 atom stereocenters. The number of carbonyl (C=O) groups is 1. The molecular weight excluding hydrogens is 308 g/mol. The topological polar surface area (TPSA) is 26.3 Å². The van der Waals surface area contributed by atoms with Crippen molar-refractivity contribution in [2.45, 2.75) is 32.6 Å². The van der Waals surface area contributed by atoms with Crippen LogP contribution in [-0.2, 0) is 0 Å². The number of ketones is 1. The van der Waals surface area contributed by atoms with Crippen LogP contribution in [0.4, 0.5) is 0 Å². The minimum absolute atomic E-state index is 0.0353. The molecule has 0 aliphatic carbocycles. The summed E-state index contributed by atoms with van der Waals surface area (Å²) in [5.41, 5.74) is 2.92. The second-order valence-electron chi connectivity index (χ2n) is 5.98. The van der Waals surface area contributed by atoms with Gasteiger partial charge in [0.05, 0.1) is 12.7 Å². The highest BCUT2D eigenvalue weighted by atomic mass is 16.5. The molecule has 0 unspecified atom stereocenters. The zero-order valence-electron chi connectivity index (χ0n) is 15.1. The van der Waals surface area contributed by atoms with E-state index in [0.29, 0.717) is 11.3 Å². The summed E-state index contributed by atoms with van der Waals surface area (Å²) in [4.78, 5) is 12.5. The van der Waals surface area contributed by atoms with E-state index in [1.54, 1.807) is 19.3 Å². The van der Waals surface area contributed by atoms with E-state index >= 15 is 0 Å². The molecular formula is C23H26O2. The average molecular weight is 334 g/mol. The number of carbonyl (C=O) groups excluding carboxylic acids is 1. The lowest BCUT2D eigenvalue weighted by molar-refractivity contribution is 0.104. The Balaban J connectivity index is 2.18. The van der Waals surface area contributed by atoms with Crippen molar-refractivity contribution in [3.8, 4) is 5.75 Å². The van der Waals surface area contributed by atoms with Gasteiger partial charge in [-0.2, -0.15) is 0 Å². The number of rotatable bonds is 9. The van der Waals surface area contributed by atoms with Crippen molar-refractivity contribution >= 4 is 11.9 Å². The van der Waals surface area contributed by atoms with Gasteiger partial charge < -0.3 is 4.74 Å². The predicted octanol–water partition coefficient (Wildman–Crippen LogP) is 6.10. The van der Waals surface area contributed by atoms with E-state index in [1.165, 1.54) is 18.4 Å². The largest absolute Gasteiger partial charge is 0.496 e. The molecule has 0 N–H and O–H groups in total. The molecule has 0 aliphatic heterocycles. The first-order chi connectivity index (χ1) is 12.2. The van der Waals surface area contributed by atoms with Gasteiger partial charge in [-0.1, -0.05) is 74.4 Å². The van der Waals surface area contributed by atoms with Crippen molar-refractivity contribution in [1.82, 2.24) is 0 Å². The Morgan fingerprint density at radius 3 is 2.40 bits per heavy atom. The maximum absolute atomic E-state index is 12.5. The first-order valence-electron chi connectivity index (χ1n) is 8.85. The van der Waals surface area contributed by atoms with Crippen LogP contribution in [-0.4, -0.2) is 12.9 Å². The molecule has 0 radical (unpaired) electrons. The summed E-state index contributed by atoms with van der Waals surface area (Å²) in [6, 6.07) is 17.5.